The van der Waals surface area contributed by atoms with Crippen LogP contribution < -0.4 is 0 Å². The summed E-state index contributed by atoms with van der Waals surface area (Å²) in [5, 5.41) is 0. The Kier molecular flexibility index (Phi) is 6.18. The van der Waals surface area contributed by atoms with Crippen LogP contribution in [-0.4, -0.2) is 71.7 Å². The Morgan fingerprint density at radius 1 is 0.903 bits per heavy atom. The van der Waals surface area contributed by atoms with Crippen molar-refractivity contribution >= 4 is 17.7 Å². The van der Waals surface area contributed by atoms with Gasteiger partial charge in [0.15, 0.2) is 0 Å². The Morgan fingerprint density at radius 3 is 2.26 bits per heavy atom. The first-order valence-corrected chi connectivity index (χ1v) is 11.0. The first kappa shape index (κ1) is 21.2. The second-order valence-electron chi connectivity index (χ2n) is 8.74. The number of nitrogens with zero attached hydrogens (tertiary/aromatic N) is 3. The van der Waals surface area contributed by atoms with E-state index in [1.807, 2.05) is 35.2 Å². The average Bonchev–Trinajstić information content (AvgIpc) is 3.02. The van der Waals surface area contributed by atoms with Crippen molar-refractivity contribution in [3.05, 3.63) is 70.8 Å². The molecule has 2 heterocycles. The van der Waals surface area contributed by atoms with Crippen LogP contribution in [0.15, 0.2) is 48.5 Å². The third-order valence-electron chi connectivity index (χ3n) is 5.97. The molecule has 0 aliphatic carbocycles. The van der Waals surface area contributed by atoms with Crippen LogP contribution in [0.3, 0.4) is 0 Å². The molecular weight excluding hydrogens is 390 g/mol. The van der Waals surface area contributed by atoms with Crippen LogP contribution in [0.5, 0.6) is 0 Å². The molecule has 2 aliphatic rings. The van der Waals surface area contributed by atoms with Crippen LogP contribution in [0.2, 0.25) is 0 Å². The van der Waals surface area contributed by atoms with Crippen LogP contribution in [-0.2, 0) is 6.42 Å². The van der Waals surface area contributed by atoms with E-state index in [2.05, 4.69) is 18.7 Å². The van der Waals surface area contributed by atoms with Crippen molar-refractivity contribution in [3.8, 4) is 0 Å². The van der Waals surface area contributed by atoms with Gasteiger partial charge in [-0.2, -0.15) is 0 Å². The van der Waals surface area contributed by atoms with Gasteiger partial charge in [-0.15, -0.1) is 0 Å². The van der Waals surface area contributed by atoms with E-state index in [1.165, 1.54) is 4.90 Å². The van der Waals surface area contributed by atoms with Crippen molar-refractivity contribution in [1.82, 2.24) is 14.7 Å². The highest BCUT2D eigenvalue weighted by Gasteiger charge is 2.36. The Bertz CT molecular complexity index is 979. The van der Waals surface area contributed by atoms with Crippen LogP contribution in [0.1, 0.15) is 50.5 Å². The average molecular weight is 420 g/mol. The summed E-state index contributed by atoms with van der Waals surface area (Å²) in [7, 11) is 0. The van der Waals surface area contributed by atoms with Gasteiger partial charge in [0.05, 0.1) is 11.1 Å². The number of fused-ring (bicyclic) bond motifs is 1. The molecule has 3 amide bonds. The Labute approximate surface area is 183 Å². The van der Waals surface area contributed by atoms with Crippen LogP contribution in [0.25, 0.3) is 0 Å². The summed E-state index contributed by atoms with van der Waals surface area (Å²) in [5.41, 5.74) is 2.27. The molecule has 0 saturated carbocycles. The van der Waals surface area contributed by atoms with E-state index in [0.29, 0.717) is 48.7 Å². The summed E-state index contributed by atoms with van der Waals surface area (Å²) in [5.74, 6) is -0.0631. The van der Waals surface area contributed by atoms with Gasteiger partial charge in [-0.05, 0) is 36.1 Å². The van der Waals surface area contributed by atoms with Gasteiger partial charge in [0, 0.05) is 44.8 Å². The number of piperazine rings is 1. The summed E-state index contributed by atoms with van der Waals surface area (Å²) in [6.07, 6.45) is 0.610. The minimum absolute atomic E-state index is 0.0741. The molecule has 6 nitrogen and oxygen atoms in total. The number of benzene rings is 2. The van der Waals surface area contributed by atoms with Gasteiger partial charge < -0.3 is 4.90 Å². The van der Waals surface area contributed by atoms with Gasteiger partial charge >= 0.3 is 0 Å². The highest BCUT2D eigenvalue weighted by Crippen LogP contribution is 2.25. The van der Waals surface area contributed by atoms with Crippen molar-refractivity contribution in [2.24, 2.45) is 5.92 Å². The summed E-state index contributed by atoms with van der Waals surface area (Å²) < 4.78 is 0. The van der Waals surface area contributed by atoms with Crippen LogP contribution in [0, 0.1) is 5.92 Å². The van der Waals surface area contributed by atoms with Gasteiger partial charge in [0.2, 0.25) is 0 Å². The summed E-state index contributed by atoms with van der Waals surface area (Å²) in [4.78, 5) is 44.2. The maximum atomic E-state index is 13.0. The monoisotopic (exact) mass is 419 g/mol. The summed E-state index contributed by atoms with van der Waals surface area (Å²) >= 11 is 0. The van der Waals surface area contributed by atoms with Crippen molar-refractivity contribution in [1.29, 1.82) is 0 Å². The smallest absolute Gasteiger partial charge is 0.261 e. The molecule has 0 spiro atoms. The number of carbonyl (C=O) groups excluding carboxylic acids is 3. The molecule has 2 aromatic carbocycles. The zero-order chi connectivity index (χ0) is 22.0. The van der Waals surface area contributed by atoms with Crippen LogP contribution in [0.4, 0.5) is 0 Å². The highest BCUT2D eigenvalue weighted by molar-refractivity contribution is 6.22. The van der Waals surface area contributed by atoms with E-state index < -0.39 is 0 Å². The molecule has 0 radical (unpaired) electrons. The SMILES string of the molecule is CC(C)CN1CCN(C(=O)c2ccc3c(c2)C(=O)N(CCc2ccccc2)C3=O)CC1. The summed E-state index contributed by atoms with van der Waals surface area (Å²) in [6.45, 7) is 8.84. The quantitative estimate of drug-likeness (QED) is 0.676. The number of hydrogen-bond donors (Lipinski definition) is 0. The number of hydrogen-bond acceptors (Lipinski definition) is 4. The lowest BCUT2D eigenvalue weighted by molar-refractivity contribution is 0.0622. The Morgan fingerprint density at radius 2 is 1.58 bits per heavy atom. The fourth-order valence-electron chi connectivity index (χ4n) is 4.34. The lowest BCUT2D eigenvalue weighted by Gasteiger charge is -2.35. The summed E-state index contributed by atoms with van der Waals surface area (Å²) in [6, 6.07) is 14.7. The van der Waals surface area contributed by atoms with Crippen molar-refractivity contribution < 1.29 is 14.4 Å². The van der Waals surface area contributed by atoms with E-state index in [9.17, 15) is 14.4 Å². The van der Waals surface area contributed by atoms with E-state index in [0.717, 1.165) is 25.2 Å². The van der Waals surface area contributed by atoms with Gasteiger partial charge in [-0.1, -0.05) is 44.2 Å². The molecule has 6 heteroatoms. The molecule has 1 saturated heterocycles. The van der Waals surface area contributed by atoms with Gasteiger partial charge in [-0.25, -0.2) is 0 Å². The third kappa shape index (κ3) is 4.54. The fraction of sp³-hybridized carbons (Fsp3) is 0.400. The molecule has 0 N–H and O–H groups in total. The third-order valence-corrected chi connectivity index (χ3v) is 5.97. The molecule has 2 aliphatic heterocycles. The molecular formula is C25H29N3O3. The van der Waals surface area contributed by atoms with Gasteiger partial charge in [0.25, 0.3) is 17.7 Å². The number of imide groups is 1. The van der Waals surface area contributed by atoms with E-state index in [1.54, 1.807) is 18.2 Å². The predicted molar refractivity (Wildman–Crippen MR) is 119 cm³/mol. The zero-order valence-corrected chi connectivity index (χ0v) is 18.2. The second kappa shape index (κ2) is 9.02. The minimum Gasteiger partial charge on any atom is -0.336 e. The largest absolute Gasteiger partial charge is 0.336 e. The maximum absolute atomic E-state index is 13.0. The highest BCUT2D eigenvalue weighted by atomic mass is 16.2. The molecule has 2 aromatic rings. The number of amides is 3. The van der Waals surface area contributed by atoms with Gasteiger partial charge in [-0.3, -0.25) is 24.2 Å². The maximum Gasteiger partial charge on any atom is 0.261 e. The molecule has 1 fully saturated rings. The van der Waals surface area contributed by atoms with Crippen LogP contribution >= 0.6 is 0 Å². The first-order chi connectivity index (χ1) is 14.9. The van der Waals surface area contributed by atoms with E-state index in [-0.39, 0.29) is 17.7 Å². The molecule has 162 valence electrons. The fourth-order valence-corrected chi connectivity index (χ4v) is 4.34. The molecule has 0 bridgehead atoms. The number of rotatable bonds is 6. The topological polar surface area (TPSA) is 60.9 Å². The van der Waals surface area contributed by atoms with E-state index in [4.69, 9.17) is 0 Å². The van der Waals surface area contributed by atoms with Crippen molar-refractivity contribution in [3.63, 3.8) is 0 Å². The lowest BCUT2D eigenvalue weighted by Crippen LogP contribution is -2.49. The number of carbonyl (C=O) groups is 3. The Balaban J connectivity index is 1.43. The lowest BCUT2D eigenvalue weighted by atomic mass is 10.0. The zero-order valence-electron chi connectivity index (χ0n) is 18.2. The standard InChI is InChI=1S/C25H29N3O3/c1-18(2)17-26-12-14-27(15-13-26)23(29)20-8-9-21-22(16-20)25(31)28(24(21)30)11-10-19-6-4-3-5-7-19/h3-9,16,18H,10-15,17H2,1-2H3. The predicted octanol–water partition coefficient (Wildman–Crippen LogP) is 2.94. The normalized spacial score (nSPS) is 16.9. The second-order valence-corrected chi connectivity index (χ2v) is 8.74. The Hall–Kier alpha value is -2.99. The van der Waals surface area contributed by atoms with E-state index >= 15 is 0 Å². The molecule has 31 heavy (non-hydrogen) atoms. The van der Waals surface area contributed by atoms with Crippen molar-refractivity contribution in [2.75, 3.05) is 39.3 Å². The van der Waals surface area contributed by atoms with Crippen molar-refractivity contribution in [2.45, 2.75) is 20.3 Å². The molecule has 0 unspecified atom stereocenters. The first-order valence-electron chi connectivity index (χ1n) is 11.0. The minimum atomic E-state index is -0.313. The molecule has 0 atom stereocenters. The molecule has 0 aromatic heterocycles. The molecule has 4 rings (SSSR count). The van der Waals surface area contributed by atoms with Gasteiger partial charge in [0.1, 0.15) is 0 Å².